The highest BCUT2D eigenvalue weighted by molar-refractivity contribution is 8.02. The molecule has 0 aliphatic rings. The van der Waals surface area contributed by atoms with Crippen molar-refractivity contribution in [2.45, 2.75) is 43.2 Å². The van der Waals surface area contributed by atoms with Crippen molar-refractivity contribution in [3.8, 4) is 0 Å². The minimum atomic E-state index is -0.931. The van der Waals surface area contributed by atoms with Crippen molar-refractivity contribution in [2.24, 2.45) is 0 Å². The van der Waals surface area contributed by atoms with Crippen LogP contribution in [0.25, 0.3) is 0 Å². The lowest BCUT2D eigenvalue weighted by Crippen LogP contribution is -2.57. The first-order valence-corrected chi connectivity index (χ1v) is 13.1. The highest BCUT2D eigenvalue weighted by Crippen LogP contribution is 2.54. The van der Waals surface area contributed by atoms with Gasteiger partial charge >= 0.3 is 5.97 Å². The van der Waals surface area contributed by atoms with Crippen LogP contribution in [0.4, 0.5) is 0 Å². The van der Waals surface area contributed by atoms with Gasteiger partial charge < -0.3 is 15.4 Å². The summed E-state index contributed by atoms with van der Waals surface area (Å²) in [6.45, 7) is 6.91. The minimum Gasteiger partial charge on any atom is -0.465 e. The summed E-state index contributed by atoms with van der Waals surface area (Å²) in [6, 6.07) is 29.5. The van der Waals surface area contributed by atoms with E-state index in [2.05, 4.69) is 47.0 Å². The number of esters is 1. The van der Waals surface area contributed by atoms with E-state index in [0.717, 1.165) is 16.7 Å². The fraction of sp³-hybridized carbons (Fsp3) is 0.300. The van der Waals surface area contributed by atoms with Gasteiger partial charge in [-0.05, 0) is 37.5 Å². The van der Waals surface area contributed by atoms with E-state index < -0.39 is 27.4 Å². The maximum atomic E-state index is 13.4. The molecule has 0 aromatic heterocycles. The maximum Gasteiger partial charge on any atom is 0.325 e. The van der Waals surface area contributed by atoms with Crippen LogP contribution in [0.5, 0.6) is 0 Å². The second-order valence-corrected chi connectivity index (χ2v) is 11.0. The largest absolute Gasteiger partial charge is 0.465 e. The number of hydrogen-bond acceptors (Lipinski definition) is 5. The lowest BCUT2D eigenvalue weighted by molar-refractivity contribution is -0.143. The molecular weight excluding hydrogens is 484 g/mol. The van der Waals surface area contributed by atoms with Crippen LogP contribution < -0.4 is 10.6 Å². The van der Waals surface area contributed by atoms with Gasteiger partial charge in [0.2, 0.25) is 11.8 Å². The normalized spacial score (nSPS) is 12.3. The summed E-state index contributed by atoms with van der Waals surface area (Å²) in [5.41, 5.74) is 3.12. The Balaban J connectivity index is 2.13. The molecule has 6 nitrogen and oxygen atoms in total. The summed E-state index contributed by atoms with van der Waals surface area (Å²) in [6.07, 6.45) is 0. The molecule has 37 heavy (non-hydrogen) atoms. The maximum absolute atomic E-state index is 13.4. The minimum absolute atomic E-state index is 0.221. The molecule has 3 rings (SSSR count). The summed E-state index contributed by atoms with van der Waals surface area (Å²) < 4.78 is 3.42. The summed E-state index contributed by atoms with van der Waals surface area (Å²) in [4.78, 5) is 37.5. The first kappa shape index (κ1) is 28.0. The molecular formula is C30H34N2O4S. The van der Waals surface area contributed by atoms with Crippen molar-refractivity contribution in [1.82, 2.24) is 10.6 Å². The van der Waals surface area contributed by atoms with E-state index in [-0.39, 0.29) is 19.1 Å². The van der Waals surface area contributed by atoms with Crippen molar-refractivity contribution in [2.75, 3.05) is 13.2 Å². The summed E-state index contributed by atoms with van der Waals surface area (Å²) in [5, 5.41) is 5.47. The van der Waals surface area contributed by atoms with Crippen molar-refractivity contribution in [3.63, 3.8) is 0 Å². The first-order chi connectivity index (χ1) is 17.7. The van der Waals surface area contributed by atoms with Crippen LogP contribution in [0.1, 0.15) is 44.4 Å². The number of carbonyl (C=O) groups excluding carboxylic acids is 3. The Labute approximate surface area is 223 Å². The number of rotatable bonds is 11. The molecule has 2 amide bonds. The Morgan fingerprint density at radius 1 is 0.811 bits per heavy atom. The molecule has 0 aliphatic heterocycles. The number of hydrogen-bond donors (Lipinski definition) is 2. The third kappa shape index (κ3) is 6.80. The topological polar surface area (TPSA) is 84.5 Å². The zero-order valence-corrected chi connectivity index (χ0v) is 22.5. The molecule has 0 radical (unpaired) electrons. The van der Waals surface area contributed by atoms with Crippen molar-refractivity contribution in [3.05, 3.63) is 108 Å². The molecule has 0 fully saturated rings. The highest BCUT2D eigenvalue weighted by atomic mass is 32.2. The second kappa shape index (κ2) is 12.6. The Kier molecular flexibility index (Phi) is 9.53. The molecule has 0 aliphatic carbocycles. The summed E-state index contributed by atoms with van der Waals surface area (Å²) in [5.74, 6) is -1.33. The Morgan fingerprint density at radius 3 is 1.62 bits per heavy atom. The number of benzene rings is 3. The molecule has 3 aromatic carbocycles. The van der Waals surface area contributed by atoms with Crippen molar-refractivity contribution >= 4 is 29.5 Å². The fourth-order valence-corrected chi connectivity index (χ4v) is 6.22. The van der Waals surface area contributed by atoms with Crippen molar-refractivity contribution < 1.29 is 19.1 Å². The van der Waals surface area contributed by atoms with E-state index in [1.165, 1.54) is 6.92 Å². The zero-order valence-electron chi connectivity index (χ0n) is 21.7. The van der Waals surface area contributed by atoms with Gasteiger partial charge in [0.25, 0.3) is 0 Å². The van der Waals surface area contributed by atoms with Crippen LogP contribution in [-0.2, 0) is 23.9 Å². The molecule has 194 valence electrons. The molecule has 3 aromatic rings. The molecule has 7 heteroatoms. The molecule has 0 heterocycles. The fourth-order valence-electron chi connectivity index (χ4n) is 4.38. The number of nitrogens with one attached hydrogen (secondary N) is 2. The predicted octanol–water partition coefficient (Wildman–Crippen LogP) is 4.67. The number of carbonyl (C=O) groups is 3. The Bertz CT molecular complexity index is 1090. The van der Waals surface area contributed by atoms with Crippen LogP contribution in [0.3, 0.4) is 0 Å². The average molecular weight is 519 g/mol. The number of thioether (sulfide) groups is 1. The van der Waals surface area contributed by atoms with Gasteiger partial charge in [-0.1, -0.05) is 91.0 Å². The monoisotopic (exact) mass is 518 g/mol. The van der Waals surface area contributed by atoms with Gasteiger partial charge in [0.1, 0.15) is 12.6 Å². The third-order valence-electron chi connectivity index (χ3n) is 5.97. The second-order valence-electron chi connectivity index (χ2n) is 9.14. The van der Waals surface area contributed by atoms with Crippen LogP contribution in [-0.4, -0.2) is 41.7 Å². The van der Waals surface area contributed by atoms with E-state index in [0.29, 0.717) is 0 Å². The lowest BCUT2D eigenvalue weighted by Gasteiger charge is -2.44. The van der Waals surface area contributed by atoms with Crippen LogP contribution in [0, 0.1) is 0 Å². The van der Waals surface area contributed by atoms with Gasteiger partial charge in [0.05, 0.1) is 11.4 Å². The van der Waals surface area contributed by atoms with E-state index in [9.17, 15) is 14.4 Å². The smallest absolute Gasteiger partial charge is 0.325 e. The summed E-state index contributed by atoms with van der Waals surface area (Å²) >= 11 is 1.58. The molecule has 0 unspecified atom stereocenters. The first-order valence-electron chi connectivity index (χ1n) is 12.3. The van der Waals surface area contributed by atoms with E-state index in [1.807, 2.05) is 68.4 Å². The molecule has 1 atom stereocenters. The van der Waals surface area contributed by atoms with Gasteiger partial charge in [0, 0.05) is 11.7 Å². The molecule has 0 bridgehead atoms. The van der Waals surface area contributed by atoms with Crippen LogP contribution >= 0.6 is 11.8 Å². The molecule has 2 N–H and O–H groups in total. The Morgan fingerprint density at radius 2 is 1.24 bits per heavy atom. The molecule has 0 saturated carbocycles. The van der Waals surface area contributed by atoms with Gasteiger partial charge in [-0.15, -0.1) is 11.8 Å². The standard InChI is InChI=1S/C30H34N2O4S/c1-5-36-26(34)21-31-28(35)27(32-22(2)33)29(3,4)37-30(23-15-9-6-10-16-23,24-17-11-7-12-18-24)25-19-13-8-14-20-25/h6-20,27H,5,21H2,1-4H3,(H,31,35)(H,32,33)/t27-/m1/s1. The molecule has 0 saturated heterocycles. The number of ether oxygens (including phenoxy) is 1. The third-order valence-corrected chi connectivity index (χ3v) is 7.75. The quantitative estimate of drug-likeness (QED) is 0.285. The summed E-state index contributed by atoms with van der Waals surface area (Å²) in [7, 11) is 0. The van der Waals surface area contributed by atoms with Gasteiger partial charge in [0.15, 0.2) is 0 Å². The molecule has 0 spiro atoms. The van der Waals surface area contributed by atoms with E-state index in [4.69, 9.17) is 4.74 Å². The SMILES string of the molecule is CCOC(=O)CNC(=O)[C@@H](NC(C)=O)C(C)(C)SC(c1ccccc1)(c1ccccc1)c1ccccc1. The van der Waals surface area contributed by atoms with Crippen LogP contribution in [0.15, 0.2) is 91.0 Å². The lowest BCUT2D eigenvalue weighted by atomic mass is 9.84. The van der Waals surface area contributed by atoms with Crippen molar-refractivity contribution in [1.29, 1.82) is 0 Å². The van der Waals surface area contributed by atoms with E-state index in [1.54, 1.807) is 18.7 Å². The van der Waals surface area contributed by atoms with Crippen LogP contribution in [0.2, 0.25) is 0 Å². The highest BCUT2D eigenvalue weighted by Gasteiger charge is 2.47. The van der Waals surface area contributed by atoms with Gasteiger partial charge in [-0.25, -0.2) is 0 Å². The van der Waals surface area contributed by atoms with E-state index >= 15 is 0 Å². The zero-order chi connectivity index (χ0) is 26.9. The Hall–Kier alpha value is -3.58. The predicted molar refractivity (Wildman–Crippen MR) is 148 cm³/mol. The van der Waals surface area contributed by atoms with Gasteiger partial charge in [-0.3, -0.25) is 14.4 Å². The number of amides is 2. The van der Waals surface area contributed by atoms with Gasteiger partial charge in [-0.2, -0.15) is 0 Å². The average Bonchev–Trinajstić information content (AvgIpc) is 2.90.